The molecule has 1 rings (SSSR count). The van der Waals surface area contributed by atoms with Crippen molar-refractivity contribution in [2.24, 2.45) is 11.7 Å². The minimum atomic E-state index is 0.129. The molecular formula is C11H25N3O. The van der Waals surface area contributed by atoms with E-state index in [4.69, 9.17) is 10.8 Å². The van der Waals surface area contributed by atoms with E-state index in [2.05, 4.69) is 23.9 Å². The van der Waals surface area contributed by atoms with Crippen LogP contribution < -0.4 is 5.73 Å². The first-order chi connectivity index (χ1) is 7.17. The molecule has 1 saturated heterocycles. The summed E-state index contributed by atoms with van der Waals surface area (Å²) in [5, 5.41) is 9.14. The molecule has 4 heteroatoms. The summed E-state index contributed by atoms with van der Waals surface area (Å²) in [5.74, 6) is 0.770. The van der Waals surface area contributed by atoms with Gasteiger partial charge in [0.05, 0.1) is 6.61 Å². The quantitative estimate of drug-likeness (QED) is 0.654. The van der Waals surface area contributed by atoms with E-state index in [0.29, 0.717) is 6.54 Å². The second kappa shape index (κ2) is 6.43. The second-order valence-corrected chi connectivity index (χ2v) is 4.76. The van der Waals surface area contributed by atoms with E-state index in [1.54, 1.807) is 0 Å². The highest BCUT2D eigenvalue weighted by Gasteiger charge is 2.20. The monoisotopic (exact) mass is 215 g/mol. The van der Waals surface area contributed by atoms with Crippen LogP contribution in [-0.2, 0) is 0 Å². The van der Waals surface area contributed by atoms with E-state index < -0.39 is 0 Å². The van der Waals surface area contributed by atoms with Crippen LogP contribution in [-0.4, -0.2) is 67.8 Å². The van der Waals surface area contributed by atoms with Crippen LogP contribution >= 0.6 is 0 Å². The minimum Gasteiger partial charge on any atom is -0.395 e. The zero-order valence-electron chi connectivity index (χ0n) is 10.0. The number of aliphatic hydroxyl groups is 1. The van der Waals surface area contributed by atoms with Crippen LogP contribution in [0.5, 0.6) is 0 Å². The van der Waals surface area contributed by atoms with Gasteiger partial charge in [-0.25, -0.2) is 0 Å². The van der Waals surface area contributed by atoms with E-state index in [-0.39, 0.29) is 12.6 Å². The van der Waals surface area contributed by atoms with Gasteiger partial charge in [-0.1, -0.05) is 0 Å². The van der Waals surface area contributed by atoms with Gasteiger partial charge in [-0.3, -0.25) is 4.90 Å². The third-order valence-corrected chi connectivity index (χ3v) is 3.49. The molecule has 0 radical (unpaired) electrons. The molecule has 0 bridgehead atoms. The normalized spacial score (nSPS) is 22.2. The first-order valence-corrected chi connectivity index (χ1v) is 5.87. The minimum absolute atomic E-state index is 0.129. The predicted octanol–water partition coefficient (Wildman–Crippen LogP) is -0.420. The number of likely N-dealkylation sites (N-methyl/N-ethyl adjacent to an activating group) is 1. The molecular weight excluding hydrogens is 190 g/mol. The molecule has 15 heavy (non-hydrogen) atoms. The first kappa shape index (κ1) is 12.9. The van der Waals surface area contributed by atoms with E-state index in [9.17, 15) is 0 Å². The average Bonchev–Trinajstić information content (AvgIpc) is 2.23. The fraction of sp³-hybridized carbons (Fsp3) is 1.00. The summed E-state index contributed by atoms with van der Waals surface area (Å²) in [6, 6.07) is 0.129. The van der Waals surface area contributed by atoms with Crippen molar-refractivity contribution in [1.82, 2.24) is 9.80 Å². The number of hydrogen-bond acceptors (Lipinski definition) is 4. The van der Waals surface area contributed by atoms with Crippen LogP contribution in [0.4, 0.5) is 0 Å². The third kappa shape index (κ3) is 4.07. The Bertz CT molecular complexity index is 165. The van der Waals surface area contributed by atoms with Gasteiger partial charge in [-0.2, -0.15) is 0 Å². The molecule has 90 valence electrons. The fourth-order valence-corrected chi connectivity index (χ4v) is 2.19. The zero-order valence-corrected chi connectivity index (χ0v) is 10.0. The molecule has 1 aliphatic heterocycles. The van der Waals surface area contributed by atoms with Gasteiger partial charge in [0.1, 0.15) is 0 Å². The molecule has 3 N–H and O–H groups in total. The molecule has 1 heterocycles. The molecule has 1 atom stereocenters. The van der Waals surface area contributed by atoms with Gasteiger partial charge in [0.2, 0.25) is 0 Å². The van der Waals surface area contributed by atoms with Crippen LogP contribution in [0.15, 0.2) is 0 Å². The molecule has 1 fully saturated rings. The molecule has 0 aliphatic carbocycles. The Morgan fingerprint density at radius 1 is 1.47 bits per heavy atom. The zero-order chi connectivity index (χ0) is 11.3. The molecule has 4 nitrogen and oxygen atoms in total. The topological polar surface area (TPSA) is 52.7 Å². The van der Waals surface area contributed by atoms with E-state index in [0.717, 1.165) is 12.5 Å². The largest absolute Gasteiger partial charge is 0.395 e. The molecule has 0 aromatic carbocycles. The number of aliphatic hydroxyl groups excluding tert-OH is 1. The van der Waals surface area contributed by atoms with Crippen molar-refractivity contribution >= 4 is 0 Å². The van der Waals surface area contributed by atoms with Crippen molar-refractivity contribution in [3.8, 4) is 0 Å². The maximum absolute atomic E-state index is 9.14. The Hall–Kier alpha value is -0.160. The number of likely N-dealkylation sites (tertiary alicyclic amines) is 1. The van der Waals surface area contributed by atoms with Crippen LogP contribution in [0.1, 0.15) is 12.8 Å². The van der Waals surface area contributed by atoms with E-state index >= 15 is 0 Å². The highest BCUT2D eigenvalue weighted by atomic mass is 16.3. The smallest absolute Gasteiger partial charge is 0.0599 e. The lowest BCUT2D eigenvalue weighted by atomic mass is 9.96. The Labute approximate surface area is 93.0 Å². The van der Waals surface area contributed by atoms with E-state index in [1.807, 2.05) is 0 Å². The van der Waals surface area contributed by atoms with Crippen LogP contribution in [0, 0.1) is 5.92 Å². The lowest BCUT2D eigenvalue weighted by Gasteiger charge is -2.34. The molecule has 1 unspecified atom stereocenters. The Balaban J connectivity index is 2.28. The summed E-state index contributed by atoms with van der Waals surface area (Å²) in [4.78, 5) is 4.58. The molecule has 0 amide bonds. The van der Waals surface area contributed by atoms with Gasteiger partial charge in [0.15, 0.2) is 0 Å². The van der Waals surface area contributed by atoms with Gasteiger partial charge in [0.25, 0.3) is 0 Å². The number of hydrogen-bond donors (Lipinski definition) is 2. The van der Waals surface area contributed by atoms with Gasteiger partial charge in [0, 0.05) is 19.1 Å². The van der Waals surface area contributed by atoms with Crippen molar-refractivity contribution in [2.45, 2.75) is 18.9 Å². The Kier molecular flexibility index (Phi) is 5.53. The second-order valence-electron chi connectivity index (χ2n) is 4.76. The number of rotatable bonds is 5. The van der Waals surface area contributed by atoms with Crippen molar-refractivity contribution in [3.05, 3.63) is 0 Å². The lowest BCUT2D eigenvalue weighted by molar-refractivity contribution is 0.114. The van der Waals surface area contributed by atoms with Crippen LogP contribution in [0.2, 0.25) is 0 Å². The Morgan fingerprint density at radius 2 is 2.07 bits per heavy atom. The predicted molar refractivity (Wildman–Crippen MR) is 62.8 cm³/mol. The first-order valence-electron chi connectivity index (χ1n) is 5.87. The summed E-state index contributed by atoms with van der Waals surface area (Å²) in [5.41, 5.74) is 5.60. The summed E-state index contributed by atoms with van der Waals surface area (Å²) >= 11 is 0. The summed E-state index contributed by atoms with van der Waals surface area (Å²) < 4.78 is 0. The molecule has 0 spiro atoms. The molecule has 0 saturated carbocycles. The summed E-state index contributed by atoms with van der Waals surface area (Å²) in [6.07, 6.45) is 2.53. The van der Waals surface area contributed by atoms with Crippen LogP contribution in [0.25, 0.3) is 0 Å². The number of nitrogens with two attached hydrogens (primary N) is 1. The van der Waals surface area contributed by atoms with Gasteiger partial charge >= 0.3 is 0 Å². The highest BCUT2D eigenvalue weighted by molar-refractivity contribution is 4.76. The molecule has 1 aliphatic rings. The lowest BCUT2D eigenvalue weighted by Crippen LogP contribution is -2.44. The maximum Gasteiger partial charge on any atom is 0.0599 e. The highest BCUT2D eigenvalue weighted by Crippen LogP contribution is 2.17. The number of nitrogens with zero attached hydrogens (tertiary/aromatic N) is 2. The van der Waals surface area contributed by atoms with E-state index in [1.165, 1.54) is 25.9 Å². The van der Waals surface area contributed by atoms with Crippen molar-refractivity contribution in [1.29, 1.82) is 0 Å². The van der Waals surface area contributed by atoms with Crippen molar-refractivity contribution in [2.75, 3.05) is 46.9 Å². The summed E-state index contributed by atoms with van der Waals surface area (Å²) in [6.45, 7) is 4.17. The maximum atomic E-state index is 9.14. The molecule has 0 aromatic heterocycles. The average molecular weight is 215 g/mol. The van der Waals surface area contributed by atoms with Gasteiger partial charge < -0.3 is 15.7 Å². The fourth-order valence-electron chi connectivity index (χ4n) is 2.19. The summed E-state index contributed by atoms with van der Waals surface area (Å²) in [7, 11) is 4.24. The standard InChI is InChI=1S/C11H25N3O/c1-13-5-3-10(4-6-13)8-14(2)11(7-12)9-15/h10-11,15H,3-9,12H2,1-2H3. The van der Waals surface area contributed by atoms with Gasteiger partial charge in [-0.15, -0.1) is 0 Å². The van der Waals surface area contributed by atoms with Gasteiger partial charge in [-0.05, 0) is 45.9 Å². The van der Waals surface area contributed by atoms with Crippen molar-refractivity contribution < 1.29 is 5.11 Å². The molecule has 0 aromatic rings. The third-order valence-electron chi connectivity index (χ3n) is 3.49. The van der Waals surface area contributed by atoms with Crippen molar-refractivity contribution in [3.63, 3.8) is 0 Å². The van der Waals surface area contributed by atoms with Crippen LogP contribution in [0.3, 0.4) is 0 Å². The Morgan fingerprint density at radius 3 is 2.53 bits per heavy atom. The SMILES string of the molecule is CN1CCC(CN(C)C(CN)CO)CC1. The number of piperidine rings is 1.